The molecule has 2 rings (SSSR count). The summed E-state index contributed by atoms with van der Waals surface area (Å²) >= 11 is 1.81. The lowest BCUT2D eigenvalue weighted by Crippen LogP contribution is -2.58. The summed E-state index contributed by atoms with van der Waals surface area (Å²) in [5.41, 5.74) is 5.16. The third-order valence-corrected chi connectivity index (χ3v) is 5.41. The molecule has 1 fully saturated rings. The SMILES string of the molecule is CCCNC1(C(N)=O)CCCC(Sc2ccoc2C)C1. The largest absolute Gasteiger partial charge is 0.468 e. The van der Waals surface area contributed by atoms with Crippen LogP contribution in [-0.4, -0.2) is 23.2 Å². The van der Waals surface area contributed by atoms with Crippen LogP contribution in [-0.2, 0) is 4.79 Å². The Labute approximate surface area is 124 Å². The minimum Gasteiger partial charge on any atom is -0.468 e. The number of rotatable bonds is 6. The Kier molecular flexibility index (Phi) is 5.16. The van der Waals surface area contributed by atoms with Gasteiger partial charge >= 0.3 is 0 Å². The number of aryl methyl sites for hydroxylation is 1. The van der Waals surface area contributed by atoms with E-state index in [2.05, 4.69) is 12.2 Å². The van der Waals surface area contributed by atoms with Crippen LogP contribution < -0.4 is 11.1 Å². The summed E-state index contributed by atoms with van der Waals surface area (Å²) in [6.45, 7) is 4.92. The van der Waals surface area contributed by atoms with Crippen molar-refractivity contribution in [2.45, 2.75) is 61.6 Å². The molecule has 4 nitrogen and oxygen atoms in total. The molecule has 0 saturated heterocycles. The van der Waals surface area contributed by atoms with Crippen LogP contribution in [0.3, 0.4) is 0 Å². The van der Waals surface area contributed by atoms with Crippen LogP contribution in [0.1, 0.15) is 44.8 Å². The van der Waals surface area contributed by atoms with Crippen molar-refractivity contribution >= 4 is 17.7 Å². The van der Waals surface area contributed by atoms with Crippen molar-refractivity contribution < 1.29 is 9.21 Å². The molecule has 0 aliphatic heterocycles. The first-order chi connectivity index (χ1) is 9.57. The van der Waals surface area contributed by atoms with E-state index in [1.165, 1.54) is 4.90 Å². The molecule has 1 aromatic rings. The molecule has 3 N–H and O–H groups in total. The second-order valence-corrected chi connectivity index (χ2v) is 6.89. The number of nitrogens with two attached hydrogens (primary N) is 1. The molecule has 0 spiro atoms. The van der Waals surface area contributed by atoms with Gasteiger partial charge in [-0.05, 0) is 51.6 Å². The van der Waals surface area contributed by atoms with E-state index < -0.39 is 5.54 Å². The van der Waals surface area contributed by atoms with Crippen molar-refractivity contribution in [3.8, 4) is 0 Å². The molecule has 5 heteroatoms. The van der Waals surface area contributed by atoms with Gasteiger partial charge in [-0.25, -0.2) is 0 Å². The minimum atomic E-state index is -0.524. The lowest BCUT2D eigenvalue weighted by Gasteiger charge is -2.39. The summed E-state index contributed by atoms with van der Waals surface area (Å²) in [7, 11) is 0. The lowest BCUT2D eigenvalue weighted by molar-refractivity contribution is -0.125. The van der Waals surface area contributed by atoms with Crippen molar-refractivity contribution in [2.24, 2.45) is 5.73 Å². The minimum absolute atomic E-state index is 0.208. The number of carbonyl (C=O) groups excluding carboxylic acids is 1. The smallest absolute Gasteiger partial charge is 0.237 e. The van der Waals surface area contributed by atoms with E-state index >= 15 is 0 Å². The zero-order valence-electron chi connectivity index (χ0n) is 12.3. The number of hydrogen-bond acceptors (Lipinski definition) is 4. The molecule has 1 aromatic heterocycles. The van der Waals surface area contributed by atoms with Gasteiger partial charge in [-0.2, -0.15) is 0 Å². The van der Waals surface area contributed by atoms with Gasteiger partial charge < -0.3 is 15.5 Å². The van der Waals surface area contributed by atoms with E-state index in [0.29, 0.717) is 5.25 Å². The summed E-state index contributed by atoms with van der Waals surface area (Å²) in [5, 5.41) is 3.81. The van der Waals surface area contributed by atoms with E-state index in [0.717, 1.165) is 44.4 Å². The van der Waals surface area contributed by atoms with Crippen molar-refractivity contribution in [1.82, 2.24) is 5.32 Å². The summed E-state index contributed by atoms with van der Waals surface area (Å²) in [6, 6.07) is 2.00. The molecular weight excluding hydrogens is 272 g/mol. The van der Waals surface area contributed by atoms with Crippen molar-refractivity contribution in [1.29, 1.82) is 0 Å². The number of primary amides is 1. The molecule has 0 radical (unpaired) electrons. The monoisotopic (exact) mass is 296 g/mol. The normalized spacial score (nSPS) is 26.6. The topological polar surface area (TPSA) is 68.3 Å². The first kappa shape index (κ1) is 15.4. The Morgan fingerprint density at radius 3 is 3.05 bits per heavy atom. The Balaban J connectivity index is 2.05. The quantitative estimate of drug-likeness (QED) is 0.847. The van der Waals surface area contributed by atoms with E-state index in [9.17, 15) is 4.79 Å². The zero-order chi connectivity index (χ0) is 14.6. The van der Waals surface area contributed by atoms with Gasteiger partial charge in [0.2, 0.25) is 5.91 Å². The molecule has 1 saturated carbocycles. The van der Waals surface area contributed by atoms with Crippen LogP contribution in [0.4, 0.5) is 0 Å². The van der Waals surface area contributed by atoms with Crippen LogP contribution in [0.5, 0.6) is 0 Å². The Bertz CT molecular complexity index is 460. The van der Waals surface area contributed by atoms with E-state index in [1.54, 1.807) is 6.26 Å². The third-order valence-electron chi connectivity index (χ3n) is 4.00. The van der Waals surface area contributed by atoms with Gasteiger partial charge in [0.1, 0.15) is 5.76 Å². The molecule has 1 heterocycles. The molecule has 20 heavy (non-hydrogen) atoms. The number of amides is 1. The summed E-state index contributed by atoms with van der Waals surface area (Å²) < 4.78 is 5.34. The van der Waals surface area contributed by atoms with Gasteiger partial charge in [0, 0.05) is 10.1 Å². The van der Waals surface area contributed by atoms with Crippen molar-refractivity contribution in [3.63, 3.8) is 0 Å². The Hall–Kier alpha value is -0.940. The third kappa shape index (κ3) is 3.38. The second kappa shape index (κ2) is 6.68. The maximum Gasteiger partial charge on any atom is 0.237 e. The standard InChI is InChI=1S/C15H24N2O2S/c1-3-8-17-15(14(16)18)7-4-5-12(10-15)20-13-6-9-19-11(13)2/h6,9,12,17H,3-5,7-8,10H2,1-2H3,(H2,16,18). The fourth-order valence-electron chi connectivity index (χ4n) is 2.84. The highest BCUT2D eigenvalue weighted by molar-refractivity contribution is 8.00. The van der Waals surface area contributed by atoms with Gasteiger partial charge in [0.05, 0.1) is 11.8 Å². The van der Waals surface area contributed by atoms with E-state index in [-0.39, 0.29) is 5.91 Å². The average molecular weight is 296 g/mol. The molecule has 1 aliphatic rings. The highest BCUT2D eigenvalue weighted by Crippen LogP contribution is 2.39. The van der Waals surface area contributed by atoms with Gasteiger partial charge in [-0.15, -0.1) is 11.8 Å². The molecular formula is C15H24N2O2S. The lowest BCUT2D eigenvalue weighted by atomic mass is 9.80. The second-order valence-electron chi connectivity index (χ2n) is 5.55. The predicted octanol–water partition coefficient (Wildman–Crippen LogP) is 2.85. The fourth-order valence-corrected chi connectivity index (χ4v) is 4.20. The van der Waals surface area contributed by atoms with Crippen LogP contribution in [0.2, 0.25) is 0 Å². The average Bonchev–Trinajstić information content (AvgIpc) is 2.82. The number of hydrogen-bond donors (Lipinski definition) is 2. The van der Waals surface area contributed by atoms with Crippen molar-refractivity contribution in [2.75, 3.05) is 6.54 Å². The van der Waals surface area contributed by atoms with E-state index in [1.807, 2.05) is 24.8 Å². The molecule has 1 amide bonds. The number of furan rings is 1. The van der Waals surface area contributed by atoms with Gasteiger partial charge in [0.15, 0.2) is 0 Å². The summed E-state index contributed by atoms with van der Waals surface area (Å²) in [4.78, 5) is 13.1. The highest BCUT2D eigenvalue weighted by atomic mass is 32.2. The number of nitrogens with one attached hydrogen (secondary N) is 1. The Morgan fingerprint density at radius 1 is 1.65 bits per heavy atom. The maximum atomic E-state index is 11.9. The van der Waals surface area contributed by atoms with Gasteiger partial charge in [-0.1, -0.05) is 6.92 Å². The summed E-state index contributed by atoms with van der Waals surface area (Å²) in [6.07, 6.45) is 6.54. The zero-order valence-corrected chi connectivity index (χ0v) is 13.1. The molecule has 112 valence electrons. The fraction of sp³-hybridized carbons (Fsp3) is 0.667. The van der Waals surface area contributed by atoms with Crippen LogP contribution in [0.25, 0.3) is 0 Å². The van der Waals surface area contributed by atoms with E-state index in [4.69, 9.17) is 10.2 Å². The van der Waals surface area contributed by atoms with Crippen LogP contribution >= 0.6 is 11.8 Å². The predicted molar refractivity (Wildman–Crippen MR) is 81.8 cm³/mol. The van der Waals surface area contributed by atoms with Crippen molar-refractivity contribution in [3.05, 3.63) is 18.1 Å². The van der Waals surface area contributed by atoms with Crippen LogP contribution in [0.15, 0.2) is 21.6 Å². The van der Waals surface area contributed by atoms with Gasteiger partial charge in [-0.3, -0.25) is 4.79 Å². The molecule has 2 atom stereocenters. The molecule has 0 aromatic carbocycles. The first-order valence-electron chi connectivity index (χ1n) is 7.33. The summed E-state index contributed by atoms with van der Waals surface area (Å²) in [5.74, 6) is 0.743. The molecule has 1 aliphatic carbocycles. The van der Waals surface area contributed by atoms with Gasteiger partial charge in [0.25, 0.3) is 0 Å². The van der Waals surface area contributed by atoms with Crippen LogP contribution in [0, 0.1) is 6.92 Å². The molecule has 0 bridgehead atoms. The highest BCUT2D eigenvalue weighted by Gasteiger charge is 2.41. The Morgan fingerprint density at radius 2 is 2.45 bits per heavy atom. The number of carbonyl (C=O) groups is 1. The number of thioether (sulfide) groups is 1. The first-order valence-corrected chi connectivity index (χ1v) is 8.21. The maximum absolute atomic E-state index is 11.9. The molecule has 2 unspecified atom stereocenters.